The first kappa shape index (κ1) is 14.6. The van der Waals surface area contributed by atoms with E-state index >= 15 is 0 Å². The zero-order valence-corrected chi connectivity index (χ0v) is 13.3. The quantitative estimate of drug-likeness (QED) is 0.896. The number of carbonyl (C=O) groups excluding carboxylic acids is 1. The summed E-state index contributed by atoms with van der Waals surface area (Å²) < 4.78 is 0. The second-order valence-electron chi connectivity index (χ2n) is 6.10. The van der Waals surface area contributed by atoms with Gasteiger partial charge in [-0.1, -0.05) is 35.9 Å². The van der Waals surface area contributed by atoms with Crippen molar-refractivity contribution in [3.05, 3.63) is 59.7 Å². The summed E-state index contributed by atoms with van der Waals surface area (Å²) >= 11 is 0. The molecule has 1 heterocycles. The average Bonchev–Trinajstić information content (AvgIpc) is 2.49. The lowest BCUT2D eigenvalue weighted by Gasteiger charge is -2.39. The SMILES string of the molecule is CC(=O)N1c2ccccc2[C@H](Nc2ccc(C)cc2)C[C@@H]1C. The molecule has 3 rings (SSSR count). The maximum absolute atomic E-state index is 12.0. The molecule has 1 amide bonds. The topological polar surface area (TPSA) is 32.3 Å². The van der Waals surface area contributed by atoms with Gasteiger partial charge in [0.2, 0.25) is 5.91 Å². The number of para-hydroxylation sites is 1. The Morgan fingerprint density at radius 3 is 2.50 bits per heavy atom. The summed E-state index contributed by atoms with van der Waals surface area (Å²) in [7, 11) is 0. The number of amides is 1. The summed E-state index contributed by atoms with van der Waals surface area (Å²) in [4.78, 5) is 13.9. The van der Waals surface area contributed by atoms with Crippen molar-refractivity contribution in [2.45, 2.75) is 39.3 Å². The Morgan fingerprint density at radius 1 is 1.14 bits per heavy atom. The average molecular weight is 294 g/mol. The van der Waals surface area contributed by atoms with E-state index < -0.39 is 0 Å². The number of benzene rings is 2. The maximum Gasteiger partial charge on any atom is 0.224 e. The summed E-state index contributed by atoms with van der Waals surface area (Å²) in [6.07, 6.45) is 0.907. The molecule has 1 aliphatic heterocycles. The zero-order chi connectivity index (χ0) is 15.7. The van der Waals surface area contributed by atoms with Crippen molar-refractivity contribution in [2.75, 3.05) is 10.2 Å². The molecule has 2 aromatic rings. The number of fused-ring (bicyclic) bond motifs is 1. The molecule has 2 aromatic carbocycles. The highest BCUT2D eigenvalue weighted by Gasteiger charge is 2.31. The van der Waals surface area contributed by atoms with Crippen molar-refractivity contribution in [1.82, 2.24) is 0 Å². The van der Waals surface area contributed by atoms with Crippen LogP contribution in [0.15, 0.2) is 48.5 Å². The standard InChI is InChI=1S/C19H22N2O/c1-13-8-10-16(11-9-13)20-18-12-14(2)21(15(3)22)19-7-5-4-6-17(18)19/h4-11,14,18,20H,12H2,1-3H3/t14-,18+/m0/s1. The number of carbonyl (C=O) groups is 1. The van der Waals surface area contributed by atoms with Crippen LogP contribution in [-0.4, -0.2) is 11.9 Å². The molecule has 0 aliphatic carbocycles. The van der Waals surface area contributed by atoms with E-state index in [1.54, 1.807) is 6.92 Å². The van der Waals surface area contributed by atoms with Crippen LogP contribution in [0.25, 0.3) is 0 Å². The second kappa shape index (κ2) is 5.84. The van der Waals surface area contributed by atoms with Crippen LogP contribution in [0.3, 0.4) is 0 Å². The van der Waals surface area contributed by atoms with Crippen molar-refractivity contribution in [2.24, 2.45) is 0 Å². The minimum Gasteiger partial charge on any atom is -0.378 e. The molecule has 2 atom stereocenters. The molecule has 0 aromatic heterocycles. The van der Waals surface area contributed by atoms with E-state index in [2.05, 4.69) is 49.5 Å². The van der Waals surface area contributed by atoms with Gasteiger partial charge < -0.3 is 10.2 Å². The fraction of sp³-hybridized carbons (Fsp3) is 0.316. The van der Waals surface area contributed by atoms with Crippen molar-refractivity contribution in [3.8, 4) is 0 Å². The molecule has 1 N–H and O–H groups in total. The fourth-order valence-corrected chi connectivity index (χ4v) is 3.28. The van der Waals surface area contributed by atoms with E-state index in [0.717, 1.165) is 17.8 Å². The van der Waals surface area contributed by atoms with Crippen LogP contribution < -0.4 is 10.2 Å². The molecule has 0 unspecified atom stereocenters. The first-order valence-corrected chi connectivity index (χ1v) is 7.78. The van der Waals surface area contributed by atoms with Crippen LogP contribution in [0.2, 0.25) is 0 Å². The van der Waals surface area contributed by atoms with Crippen LogP contribution in [0.1, 0.15) is 37.4 Å². The Kier molecular flexibility index (Phi) is 3.88. The monoisotopic (exact) mass is 294 g/mol. The smallest absolute Gasteiger partial charge is 0.224 e. The number of anilines is 2. The minimum atomic E-state index is 0.105. The third kappa shape index (κ3) is 2.71. The summed E-state index contributed by atoms with van der Waals surface area (Å²) in [5, 5.41) is 3.62. The highest BCUT2D eigenvalue weighted by atomic mass is 16.2. The van der Waals surface area contributed by atoms with Gasteiger partial charge in [0.05, 0.1) is 6.04 Å². The van der Waals surface area contributed by atoms with Gasteiger partial charge in [0.1, 0.15) is 0 Å². The van der Waals surface area contributed by atoms with Crippen LogP contribution in [0.5, 0.6) is 0 Å². The second-order valence-corrected chi connectivity index (χ2v) is 6.10. The van der Waals surface area contributed by atoms with Crippen LogP contribution >= 0.6 is 0 Å². The molecular formula is C19H22N2O. The zero-order valence-electron chi connectivity index (χ0n) is 13.3. The van der Waals surface area contributed by atoms with E-state index in [-0.39, 0.29) is 18.0 Å². The largest absolute Gasteiger partial charge is 0.378 e. The Balaban J connectivity index is 1.94. The van der Waals surface area contributed by atoms with Gasteiger partial charge >= 0.3 is 0 Å². The van der Waals surface area contributed by atoms with Crippen molar-refractivity contribution >= 4 is 17.3 Å². The van der Waals surface area contributed by atoms with E-state index in [1.165, 1.54) is 11.1 Å². The summed E-state index contributed by atoms with van der Waals surface area (Å²) in [6, 6.07) is 17.1. The van der Waals surface area contributed by atoms with Gasteiger partial charge in [0.25, 0.3) is 0 Å². The van der Waals surface area contributed by atoms with Gasteiger partial charge in [-0.2, -0.15) is 0 Å². The number of aryl methyl sites for hydroxylation is 1. The van der Waals surface area contributed by atoms with Gasteiger partial charge in [-0.25, -0.2) is 0 Å². The van der Waals surface area contributed by atoms with E-state index in [9.17, 15) is 4.79 Å². The van der Waals surface area contributed by atoms with Gasteiger partial charge in [-0.3, -0.25) is 4.79 Å². The number of nitrogens with one attached hydrogen (secondary N) is 1. The first-order valence-electron chi connectivity index (χ1n) is 7.78. The molecule has 0 bridgehead atoms. The molecule has 114 valence electrons. The number of hydrogen-bond donors (Lipinski definition) is 1. The summed E-state index contributed by atoms with van der Waals surface area (Å²) in [6.45, 7) is 5.84. The van der Waals surface area contributed by atoms with Crippen LogP contribution in [-0.2, 0) is 4.79 Å². The highest BCUT2D eigenvalue weighted by molar-refractivity contribution is 5.93. The van der Waals surface area contributed by atoms with Crippen molar-refractivity contribution in [1.29, 1.82) is 0 Å². The molecule has 0 spiro atoms. The molecule has 3 heteroatoms. The molecule has 0 saturated heterocycles. The normalized spacial score (nSPS) is 20.4. The Labute approximate surface area is 132 Å². The predicted octanol–water partition coefficient (Wildman–Crippen LogP) is 4.29. The first-order chi connectivity index (χ1) is 10.6. The van der Waals surface area contributed by atoms with Crippen molar-refractivity contribution < 1.29 is 4.79 Å². The predicted molar refractivity (Wildman–Crippen MR) is 91.2 cm³/mol. The molecule has 1 aliphatic rings. The molecule has 3 nitrogen and oxygen atoms in total. The minimum absolute atomic E-state index is 0.105. The molecule has 0 fully saturated rings. The van der Waals surface area contributed by atoms with Gasteiger partial charge in [0.15, 0.2) is 0 Å². The summed E-state index contributed by atoms with van der Waals surface area (Å²) in [5.74, 6) is 0.105. The maximum atomic E-state index is 12.0. The van der Waals surface area contributed by atoms with E-state index in [1.807, 2.05) is 23.1 Å². The molecular weight excluding hydrogens is 272 g/mol. The lowest BCUT2D eigenvalue weighted by atomic mass is 9.91. The Morgan fingerprint density at radius 2 is 1.82 bits per heavy atom. The van der Waals surface area contributed by atoms with Crippen LogP contribution in [0, 0.1) is 6.92 Å². The van der Waals surface area contributed by atoms with Crippen LogP contribution in [0.4, 0.5) is 11.4 Å². The Hall–Kier alpha value is -2.29. The molecule has 0 saturated carbocycles. The number of nitrogens with zero attached hydrogens (tertiary/aromatic N) is 1. The molecule has 0 radical (unpaired) electrons. The lowest BCUT2D eigenvalue weighted by Crippen LogP contribution is -2.43. The number of hydrogen-bond acceptors (Lipinski definition) is 2. The summed E-state index contributed by atoms with van der Waals surface area (Å²) in [5.41, 5.74) is 4.59. The van der Waals surface area contributed by atoms with Crippen molar-refractivity contribution in [3.63, 3.8) is 0 Å². The number of rotatable bonds is 2. The third-order valence-electron chi connectivity index (χ3n) is 4.32. The van der Waals surface area contributed by atoms with Gasteiger partial charge in [0, 0.05) is 24.3 Å². The highest BCUT2D eigenvalue weighted by Crippen LogP contribution is 2.38. The lowest BCUT2D eigenvalue weighted by molar-refractivity contribution is -0.117. The molecule has 22 heavy (non-hydrogen) atoms. The van der Waals surface area contributed by atoms with E-state index in [0.29, 0.717) is 0 Å². The third-order valence-corrected chi connectivity index (χ3v) is 4.32. The van der Waals surface area contributed by atoms with Gasteiger partial charge in [-0.05, 0) is 44.0 Å². The van der Waals surface area contributed by atoms with Gasteiger partial charge in [-0.15, -0.1) is 0 Å². The van der Waals surface area contributed by atoms with E-state index in [4.69, 9.17) is 0 Å². The Bertz CT molecular complexity index is 678. The fourth-order valence-electron chi connectivity index (χ4n) is 3.28.